The molecule has 0 saturated heterocycles. The van der Waals surface area contributed by atoms with E-state index in [1.54, 1.807) is 6.07 Å². The van der Waals surface area contributed by atoms with Crippen molar-refractivity contribution < 1.29 is 4.79 Å². The van der Waals surface area contributed by atoms with Crippen LogP contribution < -0.4 is 5.73 Å². The van der Waals surface area contributed by atoms with Gasteiger partial charge in [-0.1, -0.05) is 0 Å². The number of nitrogens with zero attached hydrogens (tertiary/aromatic N) is 1. The number of carbonyl (C=O) groups excluding carboxylic acids is 1. The summed E-state index contributed by atoms with van der Waals surface area (Å²) in [5.74, 6) is 0. The number of nitrogens with two attached hydrogens (primary N) is 1. The number of hydrogen-bond donors (Lipinski definition) is 1. The fraction of sp³-hybridized carbons (Fsp3) is 0.500. The molecule has 0 saturated carbocycles. The van der Waals surface area contributed by atoms with Gasteiger partial charge in [-0.2, -0.15) is 5.26 Å². The van der Waals surface area contributed by atoms with Crippen LogP contribution in [0.1, 0.15) is 6.42 Å². The van der Waals surface area contributed by atoms with E-state index in [9.17, 15) is 4.79 Å². The van der Waals surface area contributed by atoms with Crippen molar-refractivity contribution in [2.75, 3.05) is 0 Å². The molecule has 1 atom stereocenters. The van der Waals surface area contributed by atoms with Crippen LogP contribution in [0, 0.1) is 11.3 Å². The number of hydrogen-bond acceptors (Lipinski definition) is 3. The minimum Gasteiger partial charge on any atom is -0.316 e. The maximum atomic E-state index is 9.54. The summed E-state index contributed by atoms with van der Waals surface area (Å²) >= 11 is 0. The van der Waals surface area contributed by atoms with E-state index in [2.05, 4.69) is 0 Å². The Hall–Kier alpha value is -0.880. The van der Waals surface area contributed by atoms with Crippen LogP contribution in [0.15, 0.2) is 0 Å². The van der Waals surface area contributed by atoms with Gasteiger partial charge >= 0.3 is 0 Å². The third-order valence-corrected chi connectivity index (χ3v) is 0.516. The van der Waals surface area contributed by atoms with Gasteiger partial charge in [-0.15, -0.1) is 0 Å². The average molecular weight is 98.1 g/mol. The molecule has 0 heterocycles. The van der Waals surface area contributed by atoms with Crippen molar-refractivity contribution >= 4 is 6.29 Å². The molecule has 3 nitrogen and oxygen atoms in total. The minimum atomic E-state index is -0.613. The Morgan fingerprint density at radius 3 is 2.71 bits per heavy atom. The molecule has 38 valence electrons. The third kappa shape index (κ3) is 2.94. The number of aldehydes is 1. The predicted molar refractivity (Wildman–Crippen MR) is 24.3 cm³/mol. The predicted octanol–water partition coefficient (Wildman–Crippen LogP) is -0.574. The lowest BCUT2D eigenvalue weighted by atomic mass is 10.3. The molecule has 0 spiro atoms. The molecule has 7 heavy (non-hydrogen) atoms. The van der Waals surface area contributed by atoms with Crippen LogP contribution >= 0.6 is 0 Å². The first-order valence-corrected chi connectivity index (χ1v) is 1.90. The summed E-state index contributed by atoms with van der Waals surface area (Å²) < 4.78 is 0. The monoisotopic (exact) mass is 98.0 g/mol. The average Bonchev–Trinajstić information content (AvgIpc) is 1.68. The van der Waals surface area contributed by atoms with Gasteiger partial charge in [0.2, 0.25) is 0 Å². The highest BCUT2D eigenvalue weighted by Crippen LogP contribution is 1.76. The van der Waals surface area contributed by atoms with Crippen LogP contribution in [0.2, 0.25) is 0 Å². The van der Waals surface area contributed by atoms with Gasteiger partial charge in [-0.25, -0.2) is 0 Å². The summed E-state index contributed by atoms with van der Waals surface area (Å²) in [6.45, 7) is 0. The largest absolute Gasteiger partial charge is 0.316 e. The normalized spacial score (nSPS) is 12.0. The zero-order valence-electron chi connectivity index (χ0n) is 3.79. The van der Waals surface area contributed by atoms with E-state index in [1.165, 1.54) is 0 Å². The van der Waals surface area contributed by atoms with Crippen molar-refractivity contribution in [1.82, 2.24) is 0 Å². The first-order valence-electron chi connectivity index (χ1n) is 1.90. The second-order valence-corrected chi connectivity index (χ2v) is 1.14. The summed E-state index contributed by atoms with van der Waals surface area (Å²) in [5.41, 5.74) is 4.99. The van der Waals surface area contributed by atoms with E-state index in [1.807, 2.05) is 0 Å². The smallest absolute Gasteiger partial charge is 0.122 e. The fourth-order valence-corrected chi connectivity index (χ4v) is 0.156. The highest BCUT2D eigenvalue weighted by atomic mass is 16.1. The van der Waals surface area contributed by atoms with Crippen LogP contribution in [-0.2, 0) is 4.79 Å². The Morgan fingerprint density at radius 2 is 2.57 bits per heavy atom. The van der Waals surface area contributed by atoms with Crippen molar-refractivity contribution in [1.29, 1.82) is 5.26 Å². The van der Waals surface area contributed by atoms with Crippen LogP contribution in [-0.4, -0.2) is 12.3 Å². The third-order valence-electron chi connectivity index (χ3n) is 0.516. The second kappa shape index (κ2) is 3.32. The van der Waals surface area contributed by atoms with Crippen molar-refractivity contribution in [2.45, 2.75) is 12.5 Å². The van der Waals surface area contributed by atoms with E-state index in [-0.39, 0.29) is 6.42 Å². The zero-order chi connectivity index (χ0) is 5.70. The first-order chi connectivity index (χ1) is 3.31. The highest BCUT2D eigenvalue weighted by molar-refractivity contribution is 5.51. The van der Waals surface area contributed by atoms with Gasteiger partial charge in [0, 0.05) is 6.42 Å². The Balaban J connectivity index is 3.21. The van der Waals surface area contributed by atoms with Gasteiger partial charge in [0.25, 0.3) is 0 Å². The number of nitriles is 1. The number of carbonyl (C=O) groups is 1. The maximum Gasteiger partial charge on any atom is 0.122 e. The van der Waals surface area contributed by atoms with Gasteiger partial charge in [-0.05, 0) is 0 Å². The van der Waals surface area contributed by atoms with Crippen LogP contribution in [0.25, 0.3) is 0 Å². The molecule has 0 fully saturated rings. The molecule has 0 aliphatic rings. The SMILES string of the molecule is N#CC(N)CC=O. The van der Waals surface area contributed by atoms with Crippen LogP contribution in [0.4, 0.5) is 0 Å². The first kappa shape index (κ1) is 6.12. The lowest BCUT2D eigenvalue weighted by Gasteiger charge is -1.87. The summed E-state index contributed by atoms with van der Waals surface area (Å²) in [7, 11) is 0. The van der Waals surface area contributed by atoms with Crippen molar-refractivity contribution in [2.24, 2.45) is 5.73 Å². The molecule has 1 unspecified atom stereocenters. The van der Waals surface area contributed by atoms with Gasteiger partial charge in [0.1, 0.15) is 6.29 Å². The molecule has 0 aromatic carbocycles. The number of rotatable bonds is 2. The summed E-state index contributed by atoms with van der Waals surface area (Å²) in [4.78, 5) is 9.54. The lowest BCUT2D eigenvalue weighted by molar-refractivity contribution is -0.107. The van der Waals surface area contributed by atoms with Crippen molar-refractivity contribution in [3.63, 3.8) is 0 Å². The van der Waals surface area contributed by atoms with Crippen LogP contribution in [0.5, 0.6) is 0 Å². The Kier molecular flexibility index (Phi) is 2.90. The Morgan fingerprint density at radius 1 is 2.00 bits per heavy atom. The molecule has 0 aliphatic carbocycles. The summed E-state index contributed by atoms with van der Waals surface area (Å²) in [6, 6.07) is 1.10. The van der Waals surface area contributed by atoms with E-state index in [4.69, 9.17) is 11.0 Å². The summed E-state index contributed by atoms with van der Waals surface area (Å²) in [6.07, 6.45) is 0.768. The van der Waals surface area contributed by atoms with Crippen molar-refractivity contribution in [3.05, 3.63) is 0 Å². The topological polar surface area (TPSA) is 66.9 Å². The van der Waals surface area contributed by atoms with E-state index >= 15 is 0 Å². The zero-order valence-corrected chi connectivity index (χ0v) is 3.79. The quantitative estimate of drug-likeness (QED) is 0.470. The molecular weight excluding hydrogens is 92.1 g/mol. The molecule has 0 rings (SSSR count). The van der Waals surface area contributed by atoms with E-state index < -0.39 is 6.04 Å². The molecule has 2 N–H and O–H groups in total. The molecule has 0 aliphatic heterocycles. The maximum absolute atomic E-state index is 9.54. The van der Waals surface area contributed by atoms with E-state index in [0.29, 0.717) is 6.29 Å². The Bertz CT molecular complexity index is 94.4. The van der Waals surface area contributed by atoms with Gasteiger partial charge in [0.05, 0.1) is 12.1 Å². The second-order valence-electron chi connectivity index (χ2n) is 1.14. The summed E-state index contributed by atoms with van der Waals surface area (Å²) in [5, 5.41) is 7.93. The minimum absolute atomic E-state index is 0.135. The van der Waals surface area contributed by atoms with Gasteiger partial charge < -0.3 is 10.5 Å². The van der Waals surface area contributed by atoms with Gasteiger partial charge in [0.15, 0.2) is 0 Å². The molecule has 0 radical (unpaired) electrons. The fourth-order valence-electron chi connectivity index (χ4n) is 0.156. The highest BCUT2D eigenvalue weighted by Gasteiger charge is 1.93. The standard InChI is InChI=1S/C4H6N2O/c5-3-4(6)1-2-7/h2,4H,1,6H2. The molecule has 0 aromatic heterocycles. The van der Waals surface area contributed by atoms with E-state index in [0.717, 1.165) is 0 Å². The molecule has 0 bridgehead atoms. The van der Waals surface area contributed by atoms with Gasteiger partial charge in [-0.3, -0.25) is 0 Å². The lowest BCUT2D eigenvalue weighted by Crippen LogP contribution is -2.16. The molecule has 0 aromatic rings. The molecular formula is C4H6N2O. The van der Waals surface area contributed by atoms with Crippen molar-refractivity contribution in [3.8, 4) is 6.07 Å². The molecule has 3 heteroatoms. The Labute approximate surface area is 41.7 Å². The molecule has 0 amide bonds. The van der Waals surface area contributed by atoms with Crippen LogP contribution in [0.3, 0.4) is 0 Å².